The third kappa shape index (κ3) is 8.18. The van der Waals surface area contributed by atoms with Crippen LogP contribution in [0, 0.1) is 0 Å². The first-order valence-corrected chi connectivity index (χ1v) is 5.62. The molecule has 1 unspecified atom stereocenters. The van der Waals surface area contributed by atoms with E-state index in [4.69, 9.17) is 0 Å². The summed E-state index contributed by atoms with van der Waals surface area (Å²) in [6.07, 6.45) is 5.65. The van der Waals surface area contributed by atoms with Gasteiger partial charge >= 0.3 is 0 Å². The lowest BCUT2D eigenvalue weighted by atomic mass is 10.2. The molecule has 1 amide bonds. The van der Waals surface area contributed by atoms with E-state index in [-0.39, 0.29) is 5.91 Å². The maximum Gasteiger partial charge on any atom is 0.222 e. The predicted molar refractivity (Wildman–Crippen MR) is 64.8 cm³/mol. The third-order valence-electron chi connectivity index (χ3n) is 2.36. The van der Waals surface area contributed by atoms with Crippen molar-refractivity contribution in [3.05, 3.63) is 12.7 Å². The Kier molecular flexibility index (Phi) is 8.01. The van der Waals surface area contributed by atoms with Crippen LogP contribution in [0.2, 0.25) is 0 Å². The van der Waals surface area contributed by atoms with Crippen molar-refractivity contribution < 1.29 is 4.79 Å². The highest BCUT2D eigenvalue weighted by atomic mass is 16.2. The molecule has 15 heavy (non-hydrogen) atoms. The van der Waals surface area contributed by atoms with Crippen LogP contribution in [0.15, 0.2) is 12.7 Å². The molecule has 0 aromatic rings. The van der Waals surface area contributed by atoms with Crippen LogP contribution in [0.5, 0.6) is 0 Å². The SMILES string of the molecule is C=CCCC(C)NCCCC(=O)N(C)C. The van der Waals surface area contributed by atoms with Crippen LogP contribution < -0.4 is 5.32 Å². The normalized spacial score (nSPS) is 12.2. The molecule has 0 aliphatic carbocycles. The largest absolute Gasteiger partial charge is 0.349 e. The quantitative estimate of drug-likeness (QED) is 0.491. The molecule has 0 aliphatic heterocycles. The second kappa shape index (κ2) is 8.48. The summed E-state index contributed by atoms with van der Waals surface area (Å²) in [5.41, 5.74) is 0. The van der Waals surface area contributed by atoms with Gasteiger partial charge in [-0.15, -0.1) is 6.58 Å². The van der Waals surface area contributed by atoms with Crippen LogP contribution in [0.3, 0.4) is 0 Å². The Balaban J connectivity index is 3.37. The molecule has 3 nitrogen and oxygen atoms in total. The molecule has 88 valence electrons. The fourth-order valence-corrected chi connectivity index (χ4v) is 1.28. The van der Waals surface area contributed by atoms with E-state index < -0.39 is 0 Å². The van der Waals surface area contributed by atoms with Crippen molar-refractivity contribution in [2.75, 3.05) is 20.6 Å². The van der Waals surface area contributed by atoms with Gasteiger partial charge in [-0.05, 0) is 32.7 Å². The van der Waals surface area contributed by atoms with Gasteiger partial charge in [-0.3, -0.25) is 4.79 Å². The van der Waals surface area contributed by atoms with E-state index in [9.17, 15) is 4.79 Å². The van der Waals surface area contributed by atoms with Gasteiger partial charge in [-0.25, -0.2) is 0 Å². The van der Waals surface area contributed by atoms with Crippen LogP contribution in [-0.2, 0) is 4.79 Å². The summed E-state index contributed by atoms with van der Waals surface area (Å²) in [4.78, 5) is 12.9. The van der Waals surface area contributed by atoms with Gasteiger partial charge in [-0.1, -0.05) is 6.08 Å². The minimum atomic E-state index is 0.204. The molecule has 0 fully saturated rings. The van der Waals surface area contributed by atoms with E-state index >= 15 is 0 Å². The molecule has 0 spiro atoms. The molecule has 0 saturated carbocycles. The summed E-state index contributed by atoms with van der Waals surface area (Å²) in [7, 11) is 3.59. The molecule has 0 saturated heterocycles. The lowest BCUT2D eigenvalue weighted by Crippen LogP contribution is -2.28. The van der Waals surface area contributed by atoms with E-state index in [0.717, 1.165) is 25.8 Å². The Morgan fingerprint density at radius 2 is 2.20 bits per heavy atom. The maximum absolute atomic E-state index is 11.2. The first kappa shape index (κ1) is 14.2. The van der Waals surface area contributed by atoms with Crippen molar-refractivity contribution in [1.29, 1.82) is 0 Å². The van der Waals surface area contributed by atoms with Crippen molar-refractivity contribution in [1.82, 2.24) is 10.2 Å². The van der Waals surface area contributed by atoms with E-state index in [1.165, 1.54) is 0 Å². The predicted octanol–water partition coefficient (Wildman–Crippen LogP) is 1.80. The molecule has 0 aliphatic rings. The zero-order chi connectivity index (χ0) is 11.7. The fourth-order valence-electron chi connectivity index (χ4n) is 1.28. The molecular formula is C12H24N2O. The van der Waals surface area contributed by atoms with Gasteiger partial charge in [0.25, 0.3) is 0 Å². The lowest BCUT2D eigenvalue weighted by molar-refractivity contribution is -0.128. The topological polar surface area (TPSA) is 32.3 Å². The smallest absolute Gasteiger partial charge is 0.222 e. The zero-order valence-corrected chi connectivity index (χ0v) is 10.3. The van der Waals surface area contributed by atoms with Gasteiger partial charge in [0, 0.05) is 26.6 Å². The number of nitrogens with zero attached hydrogens (tertiary/aromatic N) is 1. The van der Waals surface area contributed by atoms with E-state index in [0.29, 0.717) is 12.5 Å². The van der Waals surface area contributed by atoms with Crippen LogP contribution in [0.1, 0.15) is 32.6 Å². The molecule has 0 bridgehead atoms. The summed E-state index contributed by atoms with van der Waals surface area (Å²) in [6, 6.07) is 0.512. The molecule has 0 radical (unpaired) electrons. The third-order valence-corrected chi connectivity index (χ3v) is 2.36. The molecule has 1 atom stereocenters. The van der Waals surface area contributed by atoms with E-state index in [1.807, 2.05) is 6.08 Å². The van der Waals surface area contributed by atoms with Gasteiger partial charge < -0.3 is 10.2 Å². The molecule has 0 rings (SSSR count). The number of amides is 1. The summed E-state index contributed by atoms with van der Waals surface area (Å²) in [6.45, 7) is 6.77. The van der Waals surface area contributed by atoms with Gasteiger partial charge in [0.1, 0.15) is 0 Å². The number of allylic oxidation sites excluding steroid dienone is 1. The van der Waals surface area contributed by atoms with Gasteiger partial charge in [0.05, 0.1) is 0 Å². The minimum Gasteiger partial charge on any atom is -0.349 e. The Morgan fingerprint density at radius 1 is 1.53 bits per heavy atom. The molecule has 0 aromatic carbocycles. The van der Waals surface area contributed by atoms with Crippen molar-refractivity contribution in [2.24, 2.45) is 0 Å². The molecule has 0 aromatic heterocycles. The number of carbonyl (C=O) groups is 1. The van der Waals surface area contributed by atoms with Crippen LogP contribution >= 0.6 is 0 Å². The summed E-state index contributed by atoms with van der Waals surface area (Å²) < 4.78 is 0. The van der Waals surface area contributed by atoms with Crippen LogP contribution in [0.25, 0.3) is 0 Å². The lowest BCUT2D eigenvalue weighted by Gasteiger charge is -2.13. The summed E-state index contributed by atoms with van der Waals surface area (Å²) >= 11 is 0. The zero-order valence-electron chi connectivity index (χ0n) is 10.3. The van der Waals surface area contributed by atoms with Crippen LogP contribution in [-0.4, -0.2) is 37.5 Å². The first-order chi connectivity index (χ1) is 7.07. The summed E-state index contributed by atoms with van der Waals surface area (Å²) in [5, 5.41) is 3.39. The minimum absolute atomic E-state index is 0.204. The van der Waals surface area contributed by atoms with Crippen molar-refractivity contribution in [2.45, 2.75) is 38.6 Å². The Morgan fingerprint density at radius 3 is 2.73 bits per heavy atom. The van der Waals surface area contributed by atoms with Crippen molar-refractivity contribution in [3.8, 4) is 0 Å². The molecular weight excluding hydrogens is 188 g/mol. The highest BCUT2D eigenvalue weighted by Crippen LogP contribution is 1.98. The maximum atomic E-state index is 11.2. The highest BCUT2D eigenvalue weighted by molar-refractivity contribution is 5.75. The summed E-state index contributed by atoms with van der Waals surface area (Å²) in [5.74, 6) is 0.204. The number of rotatable bonds is 8. The van der Waals surface area contributed by atoms with E-state index in [2.05, 4.69) is 18.8 Å². The van der Waals surface area contributed by atoms with Crippen LogP contribution in [0.4, 0.5) is 0 Å². The molecule has 1 N–H and O–H groups in total. The van der Waals surface area contributed by atoms with Gasteiger partial charge in [-0.2, -0.15) is 0 Å². The average Bonchev–Trinajstić information content (AvgIpc) is 2.20. The monoisotopic (exact) mass is 212 g/mol. The number of hydrogen-bond donors (Lipinski definition) is 1. The number of nitrogens with one attached hydrogen (secondary N) is 1. The molecule has 3 heteroatoms. The van der Waals surface area contributed by atoms with Gasteiger partial charge in [0.2, 0.25) is 5.91 Å². The van der Waals surface area contributed by atoms with E-state index in [1.54, 1.807) is 19.0 Å². The molecule has 0 heterocycles. The number of hydrogen-bond acceptors (Lipinski definition) is 2. The average molecular weight is 212 g/mol. The Bertz CT molecular complexity index is 190. The van der Waals surface area contributed by atoms with Crippen molar-refractivity contribution >= 4 is 5.91 Å². The van der Waals surface area contributed by atoms with Crippen molar-refractivity contribution in [3.63, 3.8) is 0 Å². The standard InChI is InChI=1S/C12H24N2O/c1-5-6-8-11(2)13-10-7-9-12(15)14(3)4/h5,11,13H,1,6-10H2,2-4H3. The second-order valence-corrected chi connectivity index (χ2v) is 4.11. The van der Waals surface area contributed by atoms with Gasteiger partial charge in [0.15, 0.2) is 0 Å². The fraction of sp³-hybridized carbons (Fsp3) is 0.750. The number of carbonyl (C=O) groups excluding carboxylic acids is 1. The first-order valence-electron chi connectivity index (χ1n) is 5.62. The second-order valence-electron chi connectivity index (χ2n) is 4.11. The highest BCUT2D eigenvalue weighted by Gasteiger charge is 2.04. The Hall–Kier alpha value is -0.830. The Labute approximate surface area is 93.5 Å².